The Kier molecular flexibility index (Phi) is 9.27. The second-order valence-electron chi connectivity index (χ2n) is 14.6. The van der Waals surface area contributed by atoms with E-state index in [0.717, 1.165) is 34.1 Å². The Bertz CT molecular complexity index is 2940. The minimum Gasteiger partial charge on any atom is -0.310 e. The summed E-state index contributed by atoms with van der Waals surface area (Å²) in [6.07, 6.45) is 0. The minimum atomic E-state index is 1.07. The van der Waals surface area contributed by atoms with Crippen LogP contribution in [0.5, 0.6) is 0 Å². The SMILES string of the molecule is c1ccc(-c2ccc(N(c3ccc(-c4cccc5c(-c6ccc7ccccc7c6)cccc45)cc3)c3cccc(N(c4ccccc4)c4ccccc4)c3)cc2)cc1. The number of hydrogen-bond donors (Lipinski definition) is 0. The number of nitrogens with zero attached hydrogens (tertiary/aromatic N) is 2. The van der Waals surface area contributed by atoms with Crippen molar-refractivity contribution in [1.29, 1.82) is 0 Å². The maximum absolute atomic E-state index is 2.36. The predicted octanol–water partition coefficient (Wildman–Crippen LogP) is 15.9. The first-order chi connectivity index (χ1) is 28.8. The van der Waals surface area contributed by atoms with Crippen LogP contribution in [0.3, 0.4) is 0 Å². The summed E-state index contributed by atoms with van der Waals surface area (Å²) in [5.74, 6) is 0. The molecule has 0 amide bonds. The van der Waals surface area contributed by atoms with Crippen molar-refractivity contribution in [2.45, 2.75) is 0 Å². The predicted molar refractivity (Wildman–Crippen MR) is 247 cm³/mol. The van der Waals surface area contributed by atoms with E-state index in [-0.39, 0.29) is 0 Å². The van der Waals surface area contributed by atoms with Gasteiger partial charge in [-0.2, -0.15) is 0 Å². The quantitative estimate of drug-likeness (QED) is 0.145. The average molecular weight is 741 g/mol. The molecule has 10 aromatic rings. The lowest BCUT2D eigenvalue weighted by molar-refractivity contribution is 1.25. The number of benzene rings is 10. The van der Waals surface area contributed by atoms with Crippen LogP contribution in [0, 0.1) is 0 Å². The van der Waals surface area contributed by atoms with Gasteiger partial charge in [-0.15, -0.1) is 0 Å². The van der Waals surface area contributed by atoms with Crippen molar-refractivity contribution in [3.8, 4) is 33.4 Å². The van der Waals surface area contributed by atoms with Crippen LogP contribution >= 0.6 is 0 Å². The van der Waals surface area contributed by atoms with Crippen LogP contribution in [-0.2, 0) is 0 Å². The van der Waals surface area contributed by atoms with E-state index >= 15 is 0 Å². The van der Waals surface area contributed by atoms with E-state index in [9.17, 15) is 0 Å². The molecule has 0 saturated heterocycles. The van der Waals surface area contributed by atoms with Crippen molar-refractivity contribution in [2.75, 3.05) is 9.80 Å². The lowest BCUT2D eigenvalue weighted by Gasteiger charge is -2.29. The van der Waals surface area contributed by atoms with Gasteiger partial charge in [0, 0.05) is 34.1 Å². The highest BCUT2D eigenvalue weighted by Crippen LogP contribution is 2.42. The fraction of sp³-hybridized carbons (Fsp3) is 0. The third kappa shape index (κ3) is 6.78. The normalized spacial score (nSPS) is 11.1. The Balaban J connectivity index is 1.06. The molecule has 0 aromatic heterocycles. The first-order valence-electron chi connectivity index (χ1n) is 19.8. The molecule has 0 spiro atoms. The molecule has 0 unspecified atom stereocenters. The van der Waals surface area contributed by atoms with Gasteiger partial charge in [0.2, 0.25) is 0 Å². The summed E-state index contributed by atoms with van der Waals surface area (Å²) in [6.45, 7) is 0. The molecule has 0 aliphatic carbocycles. The molecule has 0 radical (unpaired) electrons. The van der Waals surface area contributed by atoms with Crippen LogP contribution in [0.4, 0.5) is 34.1 Å². The van der Waals surface area contributed by atoms with Crippen LogP contribution in [0.1, 0.15) is 0 Å². The summed E-state index contributed by atoms with van der Waals surface area (Å²) in [6, 6.07) is 87.2. The summed E-state index contributed by atoms with van der Waals surface area (Å²) >= 11 is 0. The largest absolute Gasteiger partial charge is 0.310 e. The van der Waals surface area contributed by atoms with E-state index in [1.165, 1.54) is 54.9 Å². The highest BCUT2D eigenvalue weighted by Gasteiger charge is 2.18. The lowest BCUT2D eigenvalue weighted by atomic mass is 9.92. The minimum absolute atomic E-state index is 1.07. The molecule has 0 heterocycles. The highest BCUT2D eigenvalue weighted by molar-refractivity contribution is 6.05. The van der Waals surface area contributed by atoms with E-state index in [1.807, 2.05) is 0 Å². The van der Waals surface area contributed by atoms with Gasteiger partial charge in [0.05, 0.1) is 0 Å². The molecule has 274 valence electrons. The van der Waals surface area contributed by atoms with E-state index < -0.39 is 0 Å². The number of anilines is 6. The van der Waals surface area contributed by atoms with Gasteiger partial charge < -0.3 is 9.80 Å². The highest BCUT2D eigenvalue weighted by atomic mass is 15.2. The van der Waals surface area contributed by atoms with Crippen molar-refractivity contribution in [3.63, 3.8) is 0 Å². The van der Waals surface area contributed by atoms with E-state index in [4.69, 9.17) is 0 Å². The van der Waals surface area contributed by atoms with Gasteiger partial charge in [0.15, 0.2) is 0 Å². The smallest absolute Gasteiger partial charge is 0.0482 e. The molecule has 0 aliphatic heterocycles. The molecule has 0 bridgehead atoms. The number of fused-ring (bicyclic) bond motifs is 2. The first kappa shape index (κ1) is 34.8. The Labute approximate surface area is 340 Å². The topological polar surface area (TPSA) is 6.48 Å². The fourth-order valence-electron chi connectivity index (χ4n) is 8.21. The number of para-hydroxylation sites is 2. The third-order valence-corrected chi connectivity index (χ3v) is 11.0. The average Bonchev–Trinajstić information content (AvgIpc) is 3.30. The second kappa shape index (κ2) is 15.5. The molecule has 0 saturated carbocycles. The van der Waals surface area contributed by atoms with Crippen LogP contribution < -0.4 is 9.80 Å². The molecule has 0 aliphatic rings. The Morgan fingerprint density at radius 2 is 0.603 bits per heavy atom. The van der Waals surface area contributed by atoms with Crippen LogP contribution in [0.2, 0.25) is 0 Å². The first-order valence-corrected chi connectivity index (χ1v) is 19.8. The maximum Gasteiger partial charge on any atom is 0.0482 e. The van der Waals surface area contributed by atoms with E-state index in [0.29, 0.717) is 0 Å². The molecule has 0 fully saturated rings. The van der Waals surface area contributed by atoms with Crippen molar-refractivity contribution in [3.05, 3.63) is 243 Å². The monoisotopic (exact) mass is 740 g/mol. The van der Waals surface area contributed by atoms with Crippen LogP contribution in [-0.4, -0.2) is 0 Å². The Morgan fingerprint density at radius 3 is 1.17 bits per heavy atom. The van der Waals surface area contributed by atoms with Gasteiger partial charge in [-0.25, -0.2) is 0 Å². The molecular weight excluding hydrogens is 701 g/mol. The summed E-state index contributed by atoms with van der Waals surface area (Å²) in [7, 11) is 0. The molecule has 10 aromatic carbocycles. The zero-order valence-electron chi connectivity index (χ0n) is 32.0. The van der Waals surface area contributed by atoms with Gasteiger partial charge >= 0.3 is 0 Å². The maximum atomic E-state index is 2.36. The second-order valence-corrected chi connectivity index (χ2v) is 14.6. The number of rotatable bonds is 9. The fourth-order valence-corrected chi connectivity index (χ4v) is 8.21. The van der Waals surface area contributed by atoms with Crippen LogP contribution in [0.15, 0.2) is 243 Å². The van der Waals surface area contributed by atoms with Crippen LogP contribution in [0.25, 0.3) is 54.9 Å². The molecule has 0 N–H and O–H groups in total. The Hall–Kier alpha value is -7.68. The van der Waals surface area contributed by atoms with E-state index in [1.54, 1.807) is 0 Å². The summed E-state index contributed by atoms with van der Waals surface area (Å²) in [5, 5.41) is 4.99. The summed E-state index contributed by atoms with van der Waals surface area (Å²) in [5.41, 5.74) is 13.8. The Morgan fingerprint density at radius 1 is 0.207 bits per heavy atom. The van der Waals surface area contributed by atoms with Crippen molar-refractivity contribution >= 4 is 55.7 Å². The van der Waals surface area contributed by atoms with Gasteiger partial charge in [-0.3, -0.25) is 0 Å². The van der Waals surface area contributed by atoms with Crippen molar-refractivity contribution in [1.82, 2.24) is 0 Å². The summed E-state index contributed by atoms with van der Waals surface area (Å²) in [4.78, 5) is 4.67. The standard InChI is InChI=1S/C56H40N2/c1-4-15-41(16-5-1)43-31-35-49(36-32-43)58(52-24-12-23-51(40-52)57(47-19-6-2-7-20-47)48-21-8-3-9-22-48)50-37-33-44(34-38-50)53-25-13-28-56-54(26-14-27-55(53)56)46-30-29-42-17-10-11-18-45(42)39-46/h1-40H. The van der Waals surface area contributed by atoms with E-state index in [2.05, 4.69) is 252 Å². The van der Waals surface area contributed by atoms with Crippen molar-refractivity contribution < 1.29 is 0 Å². The summed E-state index contributed by atoms with van der Waals surface area (Å²) < 4.78 is 0. The lowest BCUT2D eigenvalue weighted by Crippen LogP contribution is -2.13. The number of hydrogen-bond acceptors (Lipinski definition) is 2. The third-order valence-electron chi connectivity index (χ3n) is 11.0. The molecule has 0 atom stereocenters. The van der Waals surface area contributed by atoms with Gasteiger partial charge in [0.25, 0.3) is 0 Å². The van der Waals surface area contributed by atoms with Gasteiger partial charge in [-0.1, -0.05) is 170 Å². The van der Waals surface area contributed by atoms with Gasteiger partial charge in [0.1, 0.15) is 0 Å². The molecule has 2 heteroatoms. The van der Waals surface area contributed by atoms with Gasteiger partial charge in [-0.05, 0) is 128 Å². The zero-order valence-corrected chi connectivity index (χ0v) is 32.0. The molecule has 2 nitrogen and oxygen atoms in total. The molecule has 10 rings (SSSR count). The molecular formula is C56H40N2. The zero-order chi connectivity index (χ0) is 38.7. The molecule has 58 heavy (non-hydrogen) atoms. The van der Waals surface area contributed by atoms with Crippen molar-refractivity contribution in [2.24, 2.45) is 0 Å².